The van der Waals surface area contributed by atoms with E-state index in [0.29, 0.717) is 0 Å². The van der Waals surface area contributed by atoms with Crippen LogP contribution in [0, 0.1) is 17.8 Å². The van der Waals surface area contributed by atoms with Gasteiger partial charge in [-0.2, -0.15) is 0 Å². The van der Waals surface area contributed by atoms with E-state index in [9.17, 15) is 9.59 Å². The minimum Gasteiger partial charge on any atom is -0.481 e. The summed E-state index contributed by atoms with van der Waals surface area (Å²) in [6.45, 7) is 2.98. The molecule has 0 fully saturated rings. The molecule has 0 saturated carbocycles. The average molecular weight is 259 g/mol. The SMILES string of the molecule is C#CC(NC(=O)Cc1ccccc1)C(C)(C)C(=O)O. The first-order valence-corrected chi connectivity index (χ1v) is 5.90. The Bertz CT molecular complexity index is 500. The molecule has 1 amide bonds. The van der Waals surface area contributed by atoms with E-state index in [1.807, 2.05) is 30.3 Å². The second-order valence-corrected chi connectivity index (χ2v) is 4.86. The molecule has 1 unspecified atom stereocenters. The van der Waals surface area contributed by atoms with E-state index in [0.717, 1.165) is 5.56 Å². The molecule has 0 aromatic heterocycles. The number of carboxylic acids is 1. The molecule has 0 aliphatic rings. The number of rotatable bonds is 5. The van der Waals surface area contributed by atoms with E-state index in [1.165, 1.54) is 13.8 Å². The molecule has 1 aromatic rings. The number of aliphatic carboxylic acids is 1. The Morgan fingerprint density at radius 2 is 1.95 bits per heavy atom. The highest BCUT2D eigenvalue weighted by Crippen LogP contribution is 2.20. The van der Waals surface area contributed by atoms with Gasteiger partial charge in [-0.15, -0.1) is 6.42 Å². The van der Waals surface area contributed by atoms with Crippen LogP contribution in [-0.4, -0.2) is 23.0 Å². The molecule has 0 heterocycles. The maximum absolute atomic E-state index is 11.9. The maximum atomic E-state index is 11.9. The van der Waals surface area contributed by atoms with Crippen LogP contribution in [0.1, 0.15) is 19.4 Å². The largest absolute Gasteiger partial charge is 0.481 e. The molecular formula is C15H17NO3. The van der Waals surface area contributed by atoms with Crippen molar-refractivity contribution in [2.24, 2.45) is 5.41 Å². The molecule has 4 nitrogen and oxygen atoms in total. The summed E-state index contributed by atoms with van der Waals surface area (Å²) in [4.78, 5) is 23.0. The standard InChI is InChI=1S/C15H17NO3/c1-4-12(15(2,3)14(18)19)16-13(17)10-11-8-6-5-7-9-11/h1,5-9,12H,10H2,2-3H3,(H,16,17)(H,18,19). The lowest BCUT2D eigenvalue weighted by Gasteiger charge is -2.27. The first kappa shape index (κ1) is 14.8. The van der Waals surface area contributed by atoms with Crippen molar-refractivity contribution < 1.29 is 14.7 Å². The van der Waals surface area contributed by atoms with Crippen LogP contribution in [0.2, 0.25) is 0 Å². The van der Waals surface area contributed by atoms with Crippen LogP contribution >= 0.6 is 0 Å². The van der Waals surface area contributed by atoms with Gasteiger partial charge in [-0.1, -0.05) is 36.3 Å². The lowest BCUT2D eigenvalue weighted by molar-refractivity contribution is -0.148. The molecule has 0 aliphatic carbocycles. The smallest absolute Gasteiger partial charge is 0.312 e. The zero-order valence-electron chi connectivity index (χ0n) is 11.0. The van der Waals surface area contributed by atoms with Gasteiger partial charge in [0.05, 0.1) is 11.8 Å². The second-order valence-electron chi connectivity index (χ2n) is 4.86. The number of benzene rings is 1. The topological polar surface area (TPSA) is 66.4 Å². The van der Waals surface area contributed by atoms with Gasteiger partial charge in [-0.3, -0.25) is 9.59 Å². The summed E-state index contributed by atoms with van der Waals surface area (Å²) in [7, 11) is 0. The van der Waals surface area contributed by atoms with Crippen LogP contribution < -0.4 is 5.32 Å². The van der Waals surface area contributed by atoms with E-state index < -0.39 is 17.4 Å². The summed E-state index contributed by atoms with van der Waals surface area (Å²) >= 11 is 0. The summed E-state index contributed by atoms with van der Waals surface area (Å²) in [6.07, 6.45) is 5.49. The van der Waals surface area contributed by atoms with Crippen LogP contribution in [0.25, 0.3) is 0 Å². The van der Waals surface area contributed by atoms with Crippen LogP contribution in [0.5, 0.6) is 0 Å². The number of carbonyl (C=O) groups excluding carboxylic acids is 1. The minimum absolute atomic E-state index is 0.175. The lowest BCUT2D eigenvalue weighted by atomic mass is 9.85. The predicted molar refractivity (Wildman–Crippen MR) is 72.3 cm³/mol. The molecule has 0 saturated heterocycles. The second kappa shape index (κ2) is 6.05. The molecule has 1 atom stereocenters. The molecule has 1 rings (SSSR count). The average Bonchev–Trinajstić information content (AvgIpc) is 2.36. The van der Waals surface area contributed by atoms with Gasteiger partial charge in [0, 0.05) is 0 Å². The zero-order valence-corrected chi connectivity index (χ0v) is 11.0. The Labute approximate surface area is 112 Å². The van der Waals surface area contributed by atoms with Crippen LogP contribution in [0.15, 0.2) is 30.3 Å². The molecular weight excluding hydrogens is 242 g/mol. The summed E-state index contributed by atoms with van der Waals surface area (Å²) in [5.74, 6) is 0.993. The molecule has 0 aliphatic heterocycles. The van der Waals surface area contributed by atoms with Gasteiger partial charge in [-0.25, -0.2) is 0 Å². The Hall–Kier alpha value is -2.28. The number of carboxylic acid groups (broad SMARTS) is 1. The third-order valence-electron chi connectivity index (χ3n) is 2.95. The fourth-order valence-corrected chi connectivity index (χ4v) is 1.55. The number of nitrogens with one attached hydrogen (secondary N) is 1. The first-order chi connectivity index (χ1) is 8.87. The van der Waals surface area contributed by atoms with Crippen molar-refractivity contribution in [3.8, 4) is 12.3 Å². The summed E-state index contributed by atoms with van der Waals surface area (Å²) in [6, 6.07) is 8.34. The van der Waals surface area contributed by atoms with Gasteiger partial charge in [-0.05, 0) is 19.4 Å². The number of terminal acetylenes is 1. The van der Waals surface area contributed by atoms with Gasteiger partial charge in [0.15, 0.2) is 0 Å². The van der Waals surface area contributed by atoms with Crippen LogP contribution in [0.4, 0.5) is 0 Å². The van der Waals surface area contributed by atoms with Gasteiger partial charge in [0.2, 0.25) is 5.91 Å². The number of amides is 1. The zero-order chi connectivity index (χ0) is 14.5. The number of hydrogen-bond acceptors (Lipinski definition) is 2. The normalized spacial score (nSPS) is 12.3. The highest BCUT2D eigenvalue weighted by atomic mass is 16.4. The Balaban J connectivity index is 2.70. The monoisotopic (exact) mass is 259 g/mol. The lowest BCUT2D eigenvalue weighted by Crippen LogP contribution is -2.48. The molecule has 0 spiro atoms. The molecule has 4 heteroatoms. The quantitative estimate of drug-likeness (QED) is 0.787. The molecule has 2 N–H and O–H groups in total. The third kappa shape index (κ3) is 3.85. The van der Waals surface area contributed by atoms with E-state index in [-0.39, 0.29) is 12.3 Å². The van der Waals surface area contributed by atoms with E-state index >= 15 is 0 Å². The summed E-state index contributed by atoms with van der Waals surface area (Å²) < 4.78 is 0. The highest BCUT2D eigenvalue weighted by Gasteiger charge is 2.36. The predicted octanol–water partition coefficient (Wildman–Crippen LogP) is 1.46. The van der Waals surface area contributed by atoms with Gasteiger partial charge in [0.1, 0.15) is 6.04 Å². The van der Waals surface area contributed by atoms with Crippen molar-refractivity contribution in [2.75, 3.05) is 0 Å². The van der Waals surface area contributed by atoms with Gasteiger partial charge >= 0.3 is 5.97 Å². The van der Waals surface area contributed by atoms with Crippen molar-refractivity contribution in [2.45, 2.75) is 26.3 Å². The molecule has 1 aromatic carbocycles. The Morgan fingerprint density at radius 3 is 2.42 bits per heavy atom. The fraction of sp³-hybridized carbons (Fsp3) is 0.333. The Kier molecular flexibility index (Phi) is 4.71. The summed E-state index contributed by atoms with van der Waals surface area (Å²) in [5.41, 5.74) is -0.356. The minimum atomic E-state index is -1.21. The van der Waals surface area contributed by atoms with Crippen molar-refractivity contribution in [3.63, 3.8) is 0 Å². The molecule has 0 radical (unpaired) electrons. The molecule has 19 heavy (non-hydrogen) atoms. The first-order valence-electron chi connectivity index (χ1n) is 5.90. The van der Waals surface area contributed by atoms with E-state index in [4.69, 9.17) is 11.5 Å². The maximum Gasteiger partial charge on any atom is 0.312 e. The highest BCUT2D eigenvalue weighted by molar-refractivity contribution is 5.82. The van der Waals surface area contributed by atoms with Gasteiger partial charge < -0.3 is 10.4 Å². The van der Waals surface area contributed by atoms with Crippen molar-refractivity contribution in [3.05, 3.63) is 35.9 Å². The molecule has 100 valence electrons. The third-order valence-corrected chi connectivity index (χ3v) is 2.95. The van der Waals surface area contributed by atoms with Crippen LogP contribution in [-0.2, 0) is 16.0 Å². The number of carbonyl (C=O) groups is 2. The summed E-state index contributed by atoms with van der Waals surface area (Å²) in [5, 5.41) is 11.7. The van der Waals surface area contributed by atoms with E-state index in [2.05, 4.69) is 11.2 Å². The van der Waals surface area contributed by atoms with Crippen molar-refractivity contribution >= 4 is 11.9 Å². The fourth-order valence-electron chi connectivity index (χ4n) is 1.55. The van der Waals surface area contributed by atoms with Crippen LogP contribution in [0.3, 0.4) is 0 Å². The molecule has 0 bridgehead atoms. The van der Waals surface area contributed by atoms with E-state index in [1.54, 1.807) is 0 Å². The van der Waals surface area contributed by atoms with Gasteiger partial charge in [0.25, 0.3) is 0 Å². The van der Waals surface area contributed by atoms with Crippen molar-refractivity contribution in [1.29, 1.82) is 0 Å². The number of hydrogen-bond donors (Lipinski definition) is 2. The Morgan fingerprint density at radius 1 is 1.37 bits per heavy atom. The van der Waals surface area contributed by atoms with Crippen molar-refractivity contribution in [1.82, 2.24) is 5.32 Å².